The molecule has 112 valence electrons. The van der Waals surface area contributed by atoms with E-state index in [0.717, 1.165) is 27.5 Å². The molecule has 1 aliphatic rings. The fourth-order valence-electron chi connectivity index (χ4n) is 2.23. The number of aliphatic imine (C=N–C) groups is 1. The molecule has 1 aliphatic heterocycles. The SMILES string of the molecule is O=C(c1cccc(Br)c1)N1CCCSC1=Nc1ccccc1. The maximum atomic E-state index is 12.8. The van der Waals surface area contributed by atoms with Crippen LogP contribution < -0.4 is 0 Å². The van der Waals surface area contributed by atoms with E-state index < -0.39 is 0 Å². The number of rotatable bonds is 2. The average molecular weight is 375 g/mol. The maximum absolute atomic E-state index is 12.8. The molecule has 0 aliphatic carbocycles. The molecule has 0 N–H and O–H groups in total. The minimum atomic E-state index is 0.00295. The summed E-state index contributed by atoms with van der Waals surface area (Å²) in [6, 6.07) is 17.2. The second-order valence-electron chi connectivity index (χ2n) is 4.90. The van der Waals surface area contributed by atoms with Crippen LogP contribution in [-0.4, -0.2) is 28.3 Å². The van der Waals surface area contributed by atoms with Gasteiger partial charge in [0.1, 0.15) is 0 Å². The standard InChI is InChI=1S/C17H15BrN2OS/c18-14-7-4-6-13(12-14)16(21)20-10-5-11-22-17(20)19-15-8-2-1-3-9-15/h1-4,6-9,12H,5,10-11H2. The topological polar surface area (TPSA) is 32.7 Å². The molecule has 1 saturated heterocycles. The fourth-order valence-corrected chi connectivity index (χ4v) is 3.59. The van der Waals surface area contributed by atoms with Gasteiger partial charge in [-0.15, -0.1) is 0 Å². The first-order valence-corrected chi connectivity index (χ1v) is 8.86. The smallest absolute Gasteiger partial charge is 0.259 e. The predicted molar refractivity (Wildman–Crippen MR) is 95.8 cm³/mol. The Hall–Kier alpha value is -1.59. The first kappa shape index (κ1) is 15.3. The van der Waals surface area contributed by atoms with Crippen molar-refractivity contribution in [1.82, 2.24) is 4.90 Å². The van der Waals surface area contributed by atoms with Gasteiger partial charge in [-0.2, -0.15) is 0 Å². The quantitative estimate of drug-likeness (QED) is 0.761. The zero-order valence-electron chi connectivity index (χ0n) is 11.9. The van der Waals surface area contributed by atoms with Crippen LogP contribution in [-0.2, 0) is 0 Å². The van der Waals surface area contributed by atoms with Crippen LogP contribution in [0.4, 0.5) is 5.69 Å². The van der Waals surface area contributed by atoms with E-state index in [1.54, 1.807) is 16.7 Å². The van der Waals surface area contributed by atoms with E-state index in [4.69, 9.17) is 0 Å². The van der Waals surface area contributed by atoms with Gasteiger partial charge < -0.3 is 0 Å². The van der Waals surface area contributed by atoms with Gasteiger partial charge in [0.2, 0.25) is 0 Å². The molecule has 1 heterocycles. The number of nitrogens with zero attached hydrogens (tertiary/aromatic N) is 2. The van der Waals surface area contributed by atoms with Crippen molar-refractivity contribution in [2.45, 2.75) is 6.42 Å². The van der Waals surface area contributed by atoms with Crippen molar-refractivity contribution in [2.24, 2.45) is 4.99 Å². The number of carbonyl (C=O) groups is 1. The summed E-state index contributed by atoms with van der Waals surface area (Å²) in [4.78, 5) is 19.2. The van der Waals surface area contributed by atoms with Gasteiger partial charge in [-0.1, -0.05) is 52.0 Å². The zero-order chi connectivity index (χ0) is 15.4. The van der Waals surface area contributed by atoms with E-state index in [-0.39, 0.29) is 5.91 Å². The van der Waals surface area contributed by atoms with Crippen molar-refractivity contribution in [3.63, 3.8) is 0 Å². The molecule has 22 heavy (non-hydrogen) atoms. The van der Waals surface area contributed by atoms with Crippen LogP contribution >= 0.6 is 27.7 Å². The maximum Gasteiger partial charge on any atom is 0.259 e. The minimum Gasteiger partial charge on any atom is -0.287 e. The fraction of sp³-hybridized carbons (Fsp3) is 0.176. The summed E-state index contributed by atoms with van der Waals surface area (Å²) in [7, 11) is 0. The van der Waals surface area contributed by atoms with Crippen LogP contribution in [0.25, 0.3) is 0 Å². The summed E-state index contributed by atoms with van der Waals surface area (Å²) in [5, 5.41) is 0.780. The second kappa shape index (κ2) is 7.11. The first-order valence-electron chi connectivity index (χ1n) is 7.08. The summed E-state index contributed by atoms with van der Waals surface area (Å²) in [6.07, 6.45) is 0.984. The number of carbonyl (C=O) groups excluding carboxylic acids is 1. The molecule has 0 aromatic heterocycles. The molecule has 0 atom stereocenters. The van der Waals surface area contributed by atoms with Gasteiger partial charge in [-0.05, 0) is 36.8 Å². The highest BCUT2D eigenvalue weighted by atomic mass is 79.9. The van der Waals surface area contributed by atoms with Gasteiger partial charge in [-0.25, -0.2) is 4.99 Å². The van der Waals surface area contributed by atoms with Crippen LogP contribution in [0, 0.1) is 0 Å². The summed E-state index contributed by atoms with van der Waals surface area (Å²) >= 11 is 5.05. The largest absolute Gasteiger partial charge is 0.287 e. The van der Waals surface area contributed by atoms with Gasteiger partial charge in [0.05, 0.1) is 5.69 Å². The Labute approximate surface area is 142 Å². The van der Waals surface area contributed by atoms with Crippen LogP contribution in [0.3, 0.4) is 0 Å². The molecule has 2 aromatic carbocycles. The number of benzene rings is 2. The third kappa shape index (κ3) is 3.59. The molecular weight excluding hydrogens is 360 g/mol. The van der Waals surface area contributed by atoms with E-state index in [9.17, 15) is 4.79 Å². The highest BCUT2D eigenvalue weighted by molar-refractivity contribution is 9.10. The van der Waals surface area contributed by atoms with Crippen LogP contribution in [0.15, 0.2) is 64.1 Å². The molecule has 3 rings (SSSR count). The highest BCUT2D eigenvalue weighted by Crippen LogP contribution is 2.24. The number of hydrogen-bond donors (Lipinski definition) is 0. The molecule has 0 bridgehead atoms. The number of halogens is 1. The summed E-state index contributed by atoms with van der Waals surface area (Å²) < 4.78 is 0.907. The van der Waals surface area contributed by atoms with Gasteiger partial charge in [-0.3, -0.25) is 9.69 Å². The number of hydrogen-bond acceptors (Lipinski definition) is 3. The average Bonchev–Trinajstić information content (AvgIpc) is 2.56. The summed E-state index contributed by atoms with van der Waals surface area (Å²) in [5.74, 6) is 0.997. The number of amides is 1. The third-order valence-electron chi connectivity index (χ3n) is 3.29. The number of para-hydroxylation sites is 1. The lowest BCUT2D eigenvalue weighted by atomic mass is 10.2. The van der Waals surface area contributed by atoms with Crippen molar-refractivity contribution >= 4 is 44.5 Å². The summed E-state index contributed by atoms with van der Waals surface area (Å²) in [5.41, 5.74) is 1.55. The normalized spacial score (nSPS) is 16.8. The molecule has 0 radical (unpaired) electrons. The molecular formula is C17H15BrN2OS. The first-order chi connectivity index (χ1) is 10.7. The Morgan fingerprint density at radius 3 is 2.73 bits per heavy atom. The molecule has 3 nitrogen and oxygen atoms in total. The Bertz CT molecular complexity index is 703. The molecule has 0 unspecified atom stereocenters. The Morgan fingerprint density at radius 2 is 1.95 bits per heavy atom. The van der Waals surface area contributed by atoms with Crippen molar-refractivity contribution in [3.05, 3.63) is 64.6 Å². The lowest BCUT2D eigenvalue weighted by Crippen LogP contribution is -2.39. The highest BCUT2D eigenvalue weighted by Gasteiger charge is 2.24. The monoisotopic (exact) mass is 374 g/mol. The molecule has 5 heteroatoms. The van der Waals surface area contributed by atoms with Gasteiger partial charge in [0, 0.05) is 22.3 Å². The number of amidine groups is 1. The Balaban J connectivity index is 1.90. The van der Waals surface area contributed by atoms with Gasteiger partial charge in [0.25, 0.3) is 5.91 Å². The van der Waals surface area contributed by atoms with E-state index in [1.165, 1.54) is 0 Å². The Kier molecular flexibility index (Phi) is 4.95. The van der Waals surface area contributed by atoms with Crippen molar-refractivity contribution < 1.29 is 4.79 Å². The van der Waals surface area contributed by atoms with Crippen molar-refractivity contribution in [2.75, 3.05) is 12.3 Å². The lowest BCUT2D eigenvalue weighted by Gasteiger charge is -2.27. The molecule has 1 amide bonds. The van der Waals surface area contributed by atoms with E-state index in [0.29, 0.717) is 12.1 Å². The molecule has 0 spiro atoms. The third-order valence-corrected chi connectivity index (χ3v) is 4.84. The van der Waals surface area contributed by atoms with Gasteiger partial charge in [0.15, 0.2) is 5.17 Å². The van der Waals surface area contributed by atoms with Crippen LogP contribution in [0.1, 0.15) is 16.8 Å². The predicted octanol–water partition coefficient (Wildman–Crippen LogP) is 4.72. The van der Waals surface area contributed by atoms with E-state index in [2.05, 4.69) is 20.9 Å². The van der Waals surface area contributed by atoms with E-state index in [1.807, 2.05) is 54.6 Å². The molecule has 1 fully saturated rings. The lowest BCUT2D eigenvalue weighted by molar-refractivity contribution is 0.0849. The molecule has 2 aromatic rings. The number of thioether (sulfide) groups is 1. The summed E-state index contributed by atoms with van der Waals surface area (Å²) in [6.45, 7) is 0.712. The minimum absolute atomic E-state index is 0.00295. The van der Waals surface area contributed by atoms with Gasteiger partial charge >= 0.3 is 0 Å². The van der Waals surface area contributed by atoms with Crippen molar-refractivity contribution in [1.29, 1.82) is 0 Å². The second-order valence-corrected chi connectivity index (χ2v) is 6.88. The van der Waals surface area contributed by atoms with Crippen LogP contribution in [0.5, 0.6) is 0 Å². The zero-order valence-corrected chi connectivity index (χ0v) is 14.3. The van der Waals surface area contributed by atoms with Crippen LogP contribution in [0.2, 0.25) is 0 Å². The van der Waals surface area contributed by atoms with Crippen molar-refractivity contribution in [3.8, 4) is 0 Å². The molecule has 0 saturated carbocycles. The van der Waals surface area contributed by atoms with E-state index >= 15 is 0 Å². The Morgan fingerprint density at radius 1 is 1.14 bits per heavy atom.